The minimum absolute atomic E-state index is 0.288. The van der Waals surface area contributed by atoms with Crippen molar-refractivity contribution in [1.82, 2.24) is 5.32 Å². The van der Waals surface area contributed by atoms with Crippen LogP contribution in [0.5, 0.6) is 17.2 Å². The number of benzene rings is 2. The lowest BCUT2D eigenvalue weighted by atomic mass is 10.0. The van der Waals surface area contributed by atoms with Crippen LogP contribution in [0.4, 0.5) is 0 Å². The molecule has 0 radical (unpaired) electrons. The first-order valence-corrected chi connectivity index (χ1v) is 8.28. The van der Waals surface area contributed by atoms with Crippen molar-refractivity contribution in [3.8, 4) is 17.2 Å². The zero-order valence-electron chi connectivity index (χ0n) is 15.7. The minimum atomic E-state index is -1.04. The van der Waals surface area contributed by atoms with E-state index < -0.39 is 12.0 Å². The Kier molecular flexibility index (Phi) is 6.65. The predicted molar refractivity (Wildman–Crippen MR) is 99.7 cm³/mol. The molecule has 144 valence electrons. The van der Waals surface area contributed by atoms with Crippen molar-refractivity contribution in [3.63, 3.8) is 0 Å². The lowest BCUT2D eigenvalue weighted by molar-refractivity contribution is -0.137. The molecule has 1 atom stereocenters. The summed E-state index contributed by atoms with van der Waals surface area (Å²) in [5.74, 6) is 0.237. The van der Waals surface area contributed by atoms with Gasteiger partial charge in [-0.05, 0) is 42.8 Å². The van der Waals surface area contributed by atoms with Crippen LogP contribution in [0.2, 0.25) is 0 Å². The molecule has 0 aliphatic carbocycles. The number of nitrogens with one attached hydrogen (secondary N) is 1. The standard InChI is InChI=1S/C20H23NO6/c1-12-9-13(25-2)5-7-15(12)20(24)21-17(11-19(22)23)16-8-6-14(26-3)10-18(16)27-4/h5-10,17H,11H2,1-4H3,(H,21,24)(H,22,23). The summed E-state index contributed by atoms with van der Waals surface area (Å²) in [6.45, 7) is 1.79. The molecule has 0 spiro atoms. The highest BCUT2D eigenvalue weighted by molar-refractivity contribution is 5.96. The van der Waals surface area contributed by atoms with Gasteiger partial charge >= 0.3 is 5.97 Å². The molecule has 7 nitrogen and oxygen atoms in total. The number of aliphatic carboxylic acids is 1. The maximum absolute atomic E-state index is 12.7. The Balaban J connectivity index is 2.35. The molecule has 0 aliphatic rings. The minimum Gasteiger partial charge on any atom is -0.497 e. The van der Waals surface area contributed by atoms with Gasteiger partial charge in [0.25, 0.3) is 5.91 Å². The van der Waals surface area contributed by atoms with Crippen LogP contribution in [-0.2, 0) is 4.79 Å². The number of ether oxygens (including phenoxy) is 3. The first-order chi connectivity index (χ1) is 12.9. The molecule has 0 aromatic heterocycles. The van der Waals surface area contributed by atoms with Gasteiger partial charge in [0.1, 0.15) is 17.2 Å². The van der Waals surface area contributed by atoms with Crippen LogP contribution in [0.15, 0.2) is 36.4 Å². The number of rotatable bonds is 8. The van der Waals surface area contributed by atoms with Gasteiger partial charge in [0, 0.05) is 17.2 Å². The number of carbonyl (C=O) groups excluding carboxylic acids is 1. The second-order valence-electron chi connectivity index (χ2n) is 5.91. The molecular formula is C20H23NO6. The lowest BCUT2D eigenvalue weighted by Gasteiger charge is -2.21. The maximum Gasteiger partial charge on any atom is 0.305 e. The summed E-state index contributed by atoms with van der Waals surface area (Å²) in [6, 6.07) is 9.33. The van der Waals surface area contributed by atoms with Crippen molar-refractivity contribution in [2.45, 2.75) is 19.4 Å². The number of carbonyl (C=O) groups is 2. The molecule has 1 amide bonds. The monoisotopic (exact) mass is 373 g/mol. The summed E-state index contributed by atoms with van der Waals surface area (Å²) in [5, 5.41) is 12.1. The van der Waals surface area contributed by atoms with Crippen LogP contribution in [0.1, 0.15) is 33.9 Å². The highest BCUT2D eigenvalue weighted by atomic mass is 16.5. The van der Waals surface area contributed by atoms with E-state index in [0.29, 0.717) is 28.4 Å². The number of aryl methyl sites for hydroxylation is 1. The molecular weight excluding hydrogens is 350 g/mol. The van der Waals surface area contributed by atoms with Gasteiger partial charge in [-0.15, -0.1) is 0 Å². The van der Waals surface area contributed by atoms with Gasteiger partial charge in [-0.1, -0.05) is 0 Å². The van der Waals surface area contributed by atoms with E-state index in [4.69, 9.17) is 14.2 Å². The first kappa shape index (κ1) is 20.1. The van der Waals surface area contributed by atoms with Crippen molar-refractivity contribution < 1.29 is 28.9 Å². The second-order valence-corrected chi connectivity index (χ2v) is 5.91. The fraction of sp³-hybridized carbons (Fsp3) is 0.300. The number of hydrogen-bond donors (Lipinski definition) is 2. The van der Waals surface area contributed by atoms with Crippen LogP contribution in [-0.4, -0.2) is 38.3 Å². The highest BCUT2D eigenvalue weighted by Crippen LogP contribution is 2.31. The van der Waals surface area contributed by atoms with Crippen molar-refractivity contribution in [3.05, 3.63) is 53.1 Å². The Hall–Kier alpha value is -3.22. The number of hydrogen-bond acceptors (Lipinski definition) is 5. The van der Waals surface area contributed by atoms with E-state index in [1.54, 1.807) is 50.4 Å². The quantitative estimate of drug-likeness (QED) is 0.739. The highest BCUT2D eigenvalue weighted by Gasteiger charge is 2.23. The Morgan fingerprint density at radius 1 is 1.00 bits per heavy atom. The third kappa shape index (κ3) is 4.91. The van der Waals surface area contributed by atoms with E-state index in [9.17, 15) is 14.7 Å². The summed E-state index contributed by atoms with van der Waals surface area (Å²) in [5.41, 5.74) is 1.72. The average Bonchev–Trinajstić information content (AvgIpc) is 2.66. The molecule has 0 saturated heterocycles. The molecule has 0 aliphatic heterocycles. The normalized spacial score (nSPS) is 11.4. The van der Waals surface area contributed by atoms with Crippen LogP contribution >= 0.6 is 0 Å². The maximum atomic E-state index is 12.7. The molecule has 0 bridgehead atoms. The molecule has 27 heavy (non-hydrogen) atoms. The third-order valence-electron chi connectivity index (χ3n) is 4.18. The van der Waals surface area contributed by atoms with Gasteiger partial charge in [0.2, 0.25) is 0 Å². The van der Waals surface area contributed by atoms with Crippen LogP contribution in [0.25, 0.3) is 0 Å². The topological polar surface area (TPSA) is 94.1 Å². The number of amides is 1. The zero-order valence-corrected chi connectivity index (χ0v) is 15.7. The van der Waals surface area contributed by atoms with Crippen LogP contribution in [0.3, 0.4) is 0 Å². The van der Waals surface area contributed by atoms with Crippen molar-refractivity contribution in [2.24, 2.45) is 0 Å². The SMILES string of the molecule is COc1ccc(C(=O)NC(CC(=O)O)c2ccc(OC)cc2OC)c(C)c1. The van der Waals surface area contributed by atoms with Gasteiger partial charge in [-0.3, -0.25) is 9.59 Å². The Labute approximate surface area is 157 Å². The van der Waals surface area contributed by atoms with Crippen molar-refractivity contribution in [2.75, 3.05) is 21.3 Å². The Morgan fingerprint density at radius 2 is 1.63 bits per heavy atom. The van der Waals surface area contributed by atoms with E-state index in [1.165, 1.54) is 14.2 Å². The molecule has 0 fully saturated rings. The predicted octanol–water partition coefficient (Wildman–Crippen LogP) is 2.97. The molecule has 7 heteroatoms. The van der Waals surface area contributed by atoms with E-state index >= 15 is 0 Å². The summed E-state index contributed by atoms with van der Waals surface area (Å²) >= 11 is 0. The number of methoxy groups -OCH3 is 3. The molecule has 2 rings (SSSR count). The van der Waals surface area contributed by atoms with Gasteiger partial charge in [0.15, 0.2) is 0 Å². The Morgan fingerprint density at radius 3 is 2.19 bits per heavy atom. The third-order valence-corrected chi connectivity index (χ3v) is 4.18. The average molecular weight is 373 g/mol. The van der Waals surface area contributed by atoms with Crippen LogP contribution in [0, 0.1) is 6.92 Å². The molecule has 0 saturated carbocycles. The van der Waals surface area contributed by atoms with Crippen LogP contribution < -0.4 is 19.5 Å². The summed E-state index contributed by atoms with van der Waals surface area (Å²) < 4.78 is 15.7. The second kappa shape index (κ2) is 8.93. The summed E-state index contributed by atoms with van der Waals surface area (Å²) in [6.07, 6.45) is -0.288. The van der Waals surface area contributed by atoms with Gasteiger partial charge in [-0.2, -0.15) is 0 Å². The number of carboxylic acids is 1. The molecule has 2 aromatic rings. The summed E-state index contributed by atoms with van der Waals surface area (Å²) in [7, 11) is 4.55. The fourth-order valence-electron chi connectivity index (χ4n) is 2.77. The molecule has 2 N–H and O–H groups in total. The molecule has 0 heterocycles. The zero-order chi connectivity index (χ0) is 20.0. The van der Waals surface area contributed by atoms with Gasteiger partial charge < -0.3 is 24.6 Å². The first-order valence-electron chi connectivity index (χ1n) is 8.28. The van der Waals surface area contributed by atoms with Gasteiger partial charge in [-0.25, -0.2) is 0 Å². The molecule has 1 unspecified atom stereocenters. The Bertz CT molecular complexity index is 833. The molecule has 2 aromatic carbocycles. The van der Waals surface area contributed by atoms with Gasteiger partial charge in [0.05, 0.1) is 33.8 Å². The largest absolute Gasteiger partial charge is 0.497 e. The van der Waals surface area contributed by atoms with E-state index in [0.717, 1.165) is 5.56 Å². The lowest BCUT2D eigenvalue weighted by Crippen LogP contribution is -2.31. The van der Waals surface area contributed by atoms with E-state index in [2.05, 4.69) is 5.32 Å². The fourth-order valence-corrected chi connectivity index (χ4v) is 2.77. The van der Waals surface area contributed by atoms with Crippen molar-refractivity contribution >= 4 is 11.9 Å². The number of carboxylic acid groups (broad SMARTS) is 1. The summed E-state index contributed by atoms with van der Waals surface area (Å²) in [4.78, 5) is 24.1. The van der Waals surface area contributed by atoms with Crippen molar-refractivity contribution in [1.29, 1.82) is 0 Å². The van der Waals surface area contributed by atoms with E-state index in [-0.39, 0.29) is 12.3 Å². The van der Waals surface area contributed by atoms with E-state index in [1.807, 2.05) is 0 Å². The smallest absolute Gasteiger partial charge is 0.305 e.